The number of amides is 1. The number of hydrogen-bond acceptors (Lipinski definition) is 5. The van der Waals surface area contributed by atoms with Crippen LogP contribution in [-0.2, 0) is 0 Å². The first-order chi connectivity index (χ1) is 14.1. The van der Waals surface area contributed by atoms with E-state index in [1.165, 1.54) is 5.69 Å². The molecule has 0 fully saturated rings. The van der Waals surface area contributed by atoms with Gasteiger partial charge in [0, 0.05) is 36.3 Å². The van der Waals surface area contributed by atoms with Crippen LogP contribution in [0.2, 0.25) is 0 Å². The molecule has 6 nitrogen and oxygen atoms in total. The van der Waals surface area contributed by atoms with Crippen molar-refractivity contribution in [3.8, 4) is 5.75 Å². The summed E-state index contributed by atoms with van der Waals surface area (Å²) in [6.45, 7) is 6.23. The van der Waals surface area contributed by atoms with E-state index in [9.17, 15) is 4.79 Å². The van der Waals surface area contributed by atoms with E-state index in [4.69, 9.17) is 4.74 Å². The van der Waals surface area contributed by atoms with Crippen molar-refractivity contribution in [2.24, 2.45) is 0 Å². The van der Waals surface area contributed by atoms with Gasteiger partial charge in [-0.1, -0.05) is 0 Å². The van der Waals surface area contributed by atoms with Crippen LogP contribution in [-0.4, -0.2) is 31.1 Å². The van der Waals surface area contributed by atoms with Crippen molar-refractivity contribution in [1.29, 1.82) is 0 Å². The van der Waals surface area contributed by atoms with E-state index in [2.05, 4.69) is 46.5 Å². The van der Waals surface area contributed by atoms with Gasteiger partial charge in [0.15, 0.2) is 0 Å². The molecule has 29 heavy (non-hydrogen) atoms. The fourth-order valence-electron chi connectivity index (χ4n) is 3.02. The van der Waals surface area contributed by atoms with Crippen LogP contribution >= 0.6 is 0 Å². The molecule has 1 aromatic heterocycles. The molecule has 1 amide bonds. The van der Waals surface area contributed by atoms with Crippen molar-refractivity contribution in [3.05, 3.63) is 72.6 Å². The van der Waals surface area contributed by atoms with Gasteiger partial charge < -0.3 is 20.3 Å². The number of nitrogens with one attached hydrogen (secondary N) is 2. The van der Waals surface area contributed by atoms with Crippen LogP contribution in [0.1, 0.15) is 24.2 Å². The second-order valence-electron chi connectivity index (χ2n) is 6.49. The molecule has 0 atom stereocenters. The predicted molar refractivity (Wildman–Crippen MR) is 118 cm³/mol. The zero-order valence-corrected chi connectivity index (χ0v) is 17.0. The van der Waals surface area contributed by atoms with Gasteiger partial charge in [-0.25, -0.2) is 0 Å². The Morgan fingerprint density at radius 3 is 2.21 bits per heavy atom. The van der Waals surface area contributed by atoms with Crippen molar-refractivity contribution in [1.82, 2.24) is 4.98 Å². The Labute approximate surface area is 171 Å². The van der Waals surface area contributed by atoms with Gasteiger partial charge in [-0.05, 0) is 68.4 Å². The van der Waals surface area contributed by atoms with Crippen LogP contribution in [0.4, 0.5) is 22.7 Å². The predicted octanol–water partition coefficient (Wildman–Crippen LogP) is 4.93. The van der Waals surface area contributed by atoms with Crippen molar-refractivity contribution < 1.29 is 9.53 Å². The highest BCUT2D eigenvalue weighted by molar-refractivity contribution is 6.04. The van der Waals surface area contributed by atoms with Crippen LogP contribution in [0, 0.1) is 0 Å². The average molecular weight is 390 g/mol. The summed E-state index contributed by atoms with van der Waals surface area (Å²) in [4.78, 5) is 19.0. The summed E-state index contributed by atoms with van der Waals surface area (Å²) in [5, 5.41) is 6.17. The summed E-state index contributed by atoms with van der Waals surface area (Å²) in [5.41, 5.74) is 4.05. The average Bonchev–Trinajstić information content (AvgIpc) is 2.76. The molecule has 0 aliphatic rings. The van der Waals surface area contributed by atoms with E-state index >= 15 is 0 Å². The minimum atomic E-state index is -0.219. The number of benzene rings is 2. The topological polar surface area (TPSA) is 66.5 Å². The molecule has 150 valence electrons. The Kier molecular flexibility index (Phi) is 6.68. The zero-order chi connectivity index (χ0) is 20.6. The number of nitrogens with zero attached hydrogens (tertiary/aromatic N) is 2. The van der Waals surface area contributed by atoms with Crippen molar-refractivity contribution in [2.75, 3.05) is 35.7 Å². The number of anilines is 4. The lowest BCUT2D eigenvalue weighted by atomic mass is 10.2. The first-order valence-electron chi connectivity index (χ1n) is 9.65. The standard InChI is InChI=1S/C23H26N4O2/c1-4-27(5-2)21-10-6-18(7-11-21)25-20-14-17(15-24-16-20)23(28)26-19-8-12-22(29-3)13-9-19/h6-16,25H,4-5H2,1-3H3,(H,26,28). The summed E-state index contributed by atoms with van der Waals surface area (Å²) in [7, 11) is 1.61. The number of ether oxygens (including phenoxy) is 1. The van der Waals surface area contributed by atoms with Crippen LogP contribution in [0.15, 0.2) is 67.0 Å². The van der Waals surface area contributed by atoms with Gasteiger partial charge in [-0.3, -0.25) is 9.78 Å². The number of carbonyl (C=O) groups excluding carboxylic acids is 1. The Morgan fingerprint density at radius 2 is 1.59 bits per heavy atom. The molecule has 2 N–H and O–H groups in total. The molecule has 0 bridgehead atoms. The van der Waals surface area contributed by atoms with Crippen molar-refractivity contribution in [3.63, 3.8) is 0 Å². The van der Waals surface area contributed by atoms with Crippen molar-refractivity contribution >= 4 is 28.7 Å². The number of pyridine rings is 1. The van der Waals surface area contributed by atoms with Crippen LogP contribution in [0.5, 0.6) is 5.75 Å². The van der Waals surface area contributed by atoms with E-state index < -0.39 is 0 Å². The van der Waals surface area contributed by atoms with Crippen LogP contribution in [0.25, 0.3) is 0 Å². The van der Waals surface area contributed by atoms with Gasteiger partial charge >= 0.3 is 0 Å². The number of rotatable bonds is 8. The summed E-state index contributed by atoms with van der Waals surface area (Å²) in [6.07, 6.45) is 3.25. The second-order valence-corrected chi connectivity index (χ2v) is 6.49. The quantitative estimate of drug-likeness (QED) is 0.571. The molecule has 2 aromatic carbocycles. The van der Waals surface area contributed by atoms with Crippen LogP contribution < -0.4 is 20.3 Å². The fraction of sp³-hybridized carbons (Fsp3) is 0.217. The number of aromatic nitrogens is 1. The summed E-state index contributed by atoms with van der Waals surface area (Å²) in [5.74, 6) is 0.520. The van der Waals surface area contributed by atoms with E-state index in [0.29, 0.717) is 11.3 Å². The van der Waals surface area contributed by atoms with Gasteiger partial charge in [0.05, 0.1) is 24.6 Å². The molecule has 0 saturated heterocycles. The van der Waals surface area contributed by atoms with E-state index in [1.54, 1.807) is 49.8 Å². The molecule has 3 rings (SSSR count). The lowest BCUT2D eigenvalue weighted by Crippen LogP contribution is -2.21. The Balaban J connectivity index is 1.67. The third-order valence-corrected chi connectivity index (χ3v) is 4.63. The monoisotopic (exact) mass is 390 g/mol. The minimum absolute atomic E-state index is 0.219. The molecule has 0 spiro atoms. The highest BCUT2D eigenvalue weighted by atomic mass is 16.5. The molecule has 0 aliphatic heterocycles. The van der Waals surface area contributed by atoms with E-state index in [-0.39, 0.29) is 5.91 Å². The molecule has 0 radical (unpaired) electrons. The maximum atomic E-state index is 12.5. The van der Waals surface area contributed by atoms with Crippen LogP contribution in [0.3, 0.4) is 0 Å². The summed E-state index contributed by atoms with van der Waals surface area (Å²) < 4.78 is 5.13. The van der Waals surface area contributed by atoms with Gasteiger partial charge in [0.25, 0.3) is 5.91 Å². The molecule has 0 saturated carbocycles. The summed E-state index contributed by atoms with van der Waals surface area (Å²) >= 11 is 0. The zero-order valence-electron chi connectivity index (χ0n) is 17.0. The Hall–Kier alpha value is -3.54. The lowest BCUT2D eigenvalue weighted by Gasteiger charge is -2.21. The van der Waals surface area contributed by atoms with Gasteiger partial charge in [-0.2, -0.15) is 0 Å². The molecule has 0 aliphatic carbocycles. The number of hydrogen-bond donors (Lipinski definition) is 2. The molecule has 6 heteroatoms. The van der Waals surface area contributed by atoms with Gasteiger partial charge in [-0.15, -0.1) is 0 Å². The Bertz CT molecular complexity index is 936. The highest BCUT2D eigenvalue weighted by Gasteiger charge is 2.08. The molecular weight excluding hydrogens is 364 g/mol. The normalized spacial score (nSPS) is 10.3. The molecular formula is C23H26N4O2. The minimum Gasteiger partial charge on any atom is -0.497 e. The highest BCUT2D eigenvalue weighted by Crippen LogP contribution is 2.22. The van der Waals surface area contributed by atoms with Gasteiger partial charge in [0.2, 0.25) is 0 Å². The second kappa shape index (κ2) is 9.59. The Morgan fingerprint density at radius 1 is 0.931 bits per heavy atom. The van der Waals surface area contributed by atoms with E-state index in [1.807, 2.05) is 12.1 Å². The first-order valence-corrected chi connectivity index (χ1v) is 9.65. The molecule has 3 aromatic rings. The van der Waals surface area contributed by atoms with Gasteiger partial charge in [0.1, 0.15) is 5.75 Å². The molecule has 1 heterocycles. The number of carbonyl (C=O) groups is 1. The largest absolute Gasteiger partial charge is 0.497 e. The SMILES string of the molecule is CCN(CC)c1ccc(Nc2cncc(C(=O)Nc3ccc(OC)cc3)c2)cc1. The maximum absolute atomic E-state index is 12.5. The van der Waals surface area contributed by atoms with E-state index in [0.717, 1.165) is 30.2 Å². The molecule has 0 unspecified atom stereocenters. The smallest absolute Gasteiger partial charge is 0.257 e. The van der Waals surface area contributed by atoms with Crippen molar-refractivity contribution in [2.45, 2.75) is 13.8 Å². The summed E-state index contributed by atoms with van der Waals surface area (Å²) in [6, 6.07) is 17.2. The third kappa shape index (κ3) is 5.25. The number of methoxy groups -OCH3 is 1. The maximum Gasteiger partial charge on any atom is 0.257 e. The third-order valence-electron chi connectivity index (χ3n) is 4.63. The fourth-order valence-corrected chi connectivity index (χ4v) is 3.02. The first kappa shape index (κ1) is 20.2. The lowest BCUT2D eigenvalue weighted by molar-refractivity contribution is 0.102.